The molecule has 1 aliphatic heterocycles. The van der Waals surface area contributed by atoms with Gasteiger partial charge in [0.2, 0.25) is 0 Å². The first kappa shape index (κ1) is 17.9. The molecule has 1 fully saturated rings. The van der Waals surface area contributed by atoms with Crippen LogP contribution in [0.2, 0.25) is 10.1 Å². The van der Waals surface area contributed by atoms with E-state index in [1.165, 1.54) is 10.8 Å². The van der Waals surface area contributed by atoms with Crippen LogP contribution >= 0.6 is 22.6 Å². The van der Waals surface area contributed by atoms with Crippen molar-refractivity contribution in [2.75, 3.05) is 11.0 Å². The van der Waals surface area contributed by atoms with Gasteiger partial charge in [0.25, 0.3) is 0 Å². The lowest BCUT2D eigenvalue weighted by atomic mass is 10.0. The molecule has 0 spiro atoms. The molecular weight excluding hydrogens is 367 g/mol. The molecule has 0 N–H and O–H groups in total. The highest BCUT2D eigenvalue weighted by Crippen LogP contribution is 2.54. The van der Waals surface area contributed by atoms with E-state index in [9.17, 15) is 0 Å². The molecule has 0 aromatic heterocycles. The highest BCUT2D eigenvalue weighted by atomic mass is 127. The third kappa shape index (κ3) is 3.95. The van der Waals surface area contributed by atoms with E-state index in [1.54, 1.807) is 0 Å². The first-order valence-electron chi connectivity index (χ1n) is 7.41. The summed E-state index contributed by atoms with van der Waals surface area (Å²) in [6.07, 6.45) is 2.62. The smallest absolute Gasteiger partial charge is 0.349 e. The van der Waals surface area contributed by atoms with Gasteiger partial charge in [0, 0.05) is 27.2 Å². The Kier molecular flexibility index (Phi) is 5.96. The van der Waals surface area contributed by atoms with E-state index >= 15 is 0 Å². The molecule has 19 heavy (non-hydrogen) atoms. The fraction of sp³-hybridized carbons (Fsp3) is 1.00. The van der Waals surface area contributed by atoms with Crippen molar-refractivity contribution in [3.05, 3.63) is 0 Å². The van der Waals surface area contributed by atoms with Crippen LogP contribution < -0.4 is 0 Å². The molecule has 1 rings (SSSR count). The molecule has 0 saturated carbocycles. The number of hydrogen-bond acceptors (Lipinski definition) is 2. The van der Waals surface area contributed by atoms with Crippen molar-refractivity contribution in [1.29, 1.82) is 0 Å². The molecule has 0 amide bonds. The summed E-state index contributed by atoms with van der Waals surface area (Å²) in [4.78, 5) is 0. The minimum absolute atomic E-state index is 0.109. The van der Waals surface area contributed by atoms with Gasteiger partial charge in [0.1, 0.15) is 0 Å². The topological polar surface area (TPSA) is 18.5 Å². The highest BCUT2D eigenvalue weighted by Gasteiger charge is 2.60. The summed E-state index contributed by atoms with van der Waals surface area (Å²) in [5.41, 5.74) is 0. The summed E-state index contributed by atoms with van der Waals surface area (Å²) >= 11 is 2.48. The Morgan fingerprint density at radius 2 is 1.68 bits per heavy atom. The molecule has 2 nitrogen and oxygen atoms in total. The lowest BCUT2D eigenvalue weighted by Gasteiger charge is -2.53. The summed E-state index contributed by atoms with van der Waals surface area (Å²) in [6.45, 7) is 16.9. The lowest BCUT2D eigenvalue weighted by Crippen LogP contribution is -2.61. The predicted octanol–water partition coefficient (Wildman–Crippen LogP) is 5.30. The van der Waals surface area contributed by atoms with Gasteiger partial charge in [-0.3, -0.25) is 0 Å². The molecule has 0 unspecified atom stereocenters. The predicted molar refractivity (Wildman–Crippen MR) is 93.3 cm³/mol. The third-order valence-corrected chi connectivity index (χ3v) is 10.7. The summed E-state index contributed by atoms with van der Waals surface area (Å²) in [6, 6.07) is 0. The molecule has 1 saturated heterocycles. The van der Waals surface area contributed by atoms with Gasteiger partial charge in [-0.25, -0.2) is 0 Å². The van der Waals surface area contributed by atoms with Gasteiger partial charge in [-0.2, -0.15) is 0 Å². The normalized spacial score (nSPS) is 26.2. The fourth-order valence-corrected chi connectivity index (χ4v) is 8.59. The summed E-state index contributed by atoms with van der Waals surface area (Å²) in [7, 11) is -2.23. The SMILES string of the molecule is C[C@H](CI)C[C@H]1CCO[Si](C(C)(C)C)(C(C)(C)C)O1. The van der Waals surface area contributed by atoms with Crippen LogP contribution in [-0.2, 0) is 8.85 Å². The minimum Gasteiger partial charge on any atom is -0.394 e. The van der Waals surface area contributed by atoms with Gasteiger partial charge >= 0.3 is 8.56 Å². The van der Waals surface area contributed by atoms with Crippen LogP contribution in [0, 0.1) is 5.92 Å². The summed E-state index contributed by atoms with van der Waals surface area (Å²) in [5, 5.41) is 0.217. The quantitative estimate of drug-likeness (QED) is 0.365. The fourth-order valence-electron chi connectivity index (χ4n) is 3.25. The van der Waals surface area contributed by atoms with E-state index < -0.39 is 8.56 Å². The molecule has 1 aliphatic rings. The van der Waals surface area contributed by atoms with Crippen molar-refractivity contribution < 1.29 is 8.85 Å². The number of rotatable bonds is 3. The van der Waals surface area contributed by atoms with E-state index in [0.29, 0.717) is 6.10 Å². The minimum atomic E-state index is -2.23. The maximum absolute atomic E-state index is 6.69. The maximum Gasteiger partial charge on any atom is 0.349 e. The second-order valence-corrected chi connectivity index (χ2v) is 13.6. The first-order chi connectivity index (χ1) is 8.53. The molecular formula is C15H31IO2Si. The zero-order chi connectivity index (χ0) is 14.9. The Labute approximate surface area is 134 Å². The maximum atomic E-state index is 6.69. The summed E-state index contributed by atoms with van der Waals surface area (Å²) < 4.78 is 14.2. The van der Waals surface area contributed by atoms with Gasteiger partial charge in [-0.05, 0) is 18.8 Å². The van der Waals surface area contributed by atoms with Gasteiger partial charge < -0.3 is 8.85 Å². The molecule has 0 radical (unpaired) electrons. The Bertz CT molecular complexity index is 280. The zero-order valence-electron chi connectivity index (χ0n) is 13.7. The monoisotopic (exact) mass is 398 g/mol. The van der Waals surface area contributed by atoms with Crippen molar-refractivity contribution in [2.24, 2.45) is 5.92 Å². The average molecular weight is 398 g/mol. The van der Waals surface area contributed by atoms with Gasteiger partial charge in [0.15, 0.2) is 0 Å². The van der Waals surface area contributed by atoms with Crippen molar-refractivity contribution in [3.63, 3.8) is 0 Å². The molecule has 4 heteroatoms. The number of alkyl halides is 1. The molecule has 0 aliphatic carbocycles. The average Bonchev–Trinajstić information content (AvgIpc) is 2.26. The Morgan fingerprint density at radius 1 is 1.16 bits per heavy atom. The Balaban J connectivity index is 2.94. The molecule has 114 valence electrons. The molecule has 0 aromatic rings. The Hall–Kier alpha value is 0.867. The van der Waals surface area contributed by atoms with E-state index in [1.807, 2.05) is 0 Å². The van der Waals surface area contributed by atoms with E-state index in [-0.39, 0.29) is 10.1 Å². The second-order valence-electron chi connectivity index (χ2n) is 7.99. The van der Waals surface area contributed by atoms with Crippen LogP contribution in [0.1, 0.15) is 61.3 Å². The van der Waals surface area contributed by atoms with Crippen molar-refractivity contribution in [2.45, 2.75) is 77.5 Å². The van der Waals surface area contributed by atoms with Crippen LogP contribution in [0.15, 0.2) is 0 Å². The van der Waals surface area contributed by atoms with Crippen LogP contribution in [0.25, 0.3) is 0 Å². The van der Waals surface area contributed by atoms with E-state index in [2.05, 4.69) is 71.1 Å². The van der Waals surface area contributed by atoms with E-state index in [4.69, 9.17) is 8.85 Å². The van der Waals surface area contributed by atoms with Crippen LogP contribution in [-0.4, -0.2) is 25.7 Å². The van der Waals surface area contributed by atoms with E-state index in [0.717, 1.165) is 18.9 Å². The molecule has 2 atom stereocenters. The van der Waals surface area contributed by atoms with Crippen molar-refractivity contribution in [3.8, 4) is 0 Å². The molecule has 0 bridgehead atoms. The standard InChI is InChI=1S/C15H31IO2Si/c1-12(11-16)10-13-8-9-17-19(18-13,14(2,3)4)15(5,6)7/h12-13H,8-11H2,1-7H3/t12-,13+/m0/s1. The van der Waals surface area contributed by atoms with Gasteiger partial charge in [-0.15, -0.1) is 0 Å². The number of hydrogen-bond donors (Lipinski definition) is 0. The lowest BCUT2D eigenvalue weighted by molar-refractivity contribution is 0.0115. The molecule has 1 heterocycles. The third-order valence-electron chi connectivity index (χ3n) is 3.98. The van der Waals surface area contributed by atoms with Crippen LogP contribution in [0.4, 0.5) is 0 Å². The van der Waals surface area contributed by atoms with Gasteiger partial charge in [-0.1, -0.05) is 71.1 Å². The van der Waals surface area contributed by atoms with Crippen molar-refractivity contribution >= 4 is 31.2 Å². The van der Waals surface area contributed by atoms with Gasteiger partial charge in [0.05, 0.1) is 0 Å². The molecule has 0 aromatic carbocycles. The van der Waals surface area contributed by atoms with Crippen LogP contribution in [0.5, 0.6) is 0 Å². The Morgan fingerprint density at radius 3 is 2.11 bits per heavy atom. The second kappa shape index (κ2) is 6.32. The first-order valence-corrected chi connectivity index (χ1v) is 10.8. The van der Waals surface area contributed by atoms with Crippen LogP contribution in [0.3, 0.4) is 0 Å². The largest absolute Gasteiger partial charge is 0.394 e. The highest BCUT2D eigenvalue weighted by molar-refractivity contribution is 14.1. The summed E-state index contributed by atoms with van der Waals surface area (Å²) in [5.74, 6) is 0.732. The van der Waals surface area contributed by atoms with Crippen molar-refractivity contribution in [1.82, 2.24) is 0 Å². The zero-order valence-corrected chi connectivity index (χ0v) is 16.8. The number of halogens is 1.